The second-order valence-electron chi connectivity index (χ2n) is 8.19. The number of carboxylic acids is 1. The highest BCUT2D eigenvalue weighted by Gasteiger charge is 2.49. The Morgan fingerprint density at radius 2 is 2.29 bits per heavy atom. The SMILES string of the molecule is NCC1COC2(CCN(C3=NC4C(=CC3F)CC(C(=O)O)=CN4C3CC3)C2)O1. The van der Waals surface area contributed by atoms with Crippen molar-refractivity contribution in [2.45, 2.75) is 56.0 Å². The molecule has 0 bridgehead atoms. The van der Waals surface area contributed by atoms with Crippen LogP contribution in [0.2, 0.25) is 0 Å². The van der Waals surface area contributed by atoms with E-state index in [1.165, 1.54) is 0 Å². The number of dihydropyridines is 1. The zero-order chi connectivity index (χ0) is 19.5. The Kier molecular flexibility index (Phi) is 4.22. The summed E-state index contributed by atoms with van der Waals surface area (Å²) in [6.07, 6.45) is 4.33. The molecule has 5 rings (SSSR count). The molecular formula is C19H25FN4O4. The van der Waals surface area contributed by atoms with Crippen LogP contribution in [0.15, 0.2) is 28.4 Å². The zero-order valence-corrected chi connectivity index (χ0v) is 15.6. The lowest BCUT2D eigenvalue weighted by Crippen LogP contribution is -2.46. The minimum atomic E-state index is -1.36. The normalized spacial score (nSPS) is 37.6. The van der Waals surface area contributed by atoms with Crippen molar-refractivity contribution in [2.75, 3.05) is 26.2 Å². The first-order chi connectivity index (χ1) is 13.5. The van der Waals surface area contributed by atoms with Gasteiger partial charge in [0.25, 0.3) is 0 Å². The van der Waals surface area contributed by atoms with Crippen molar-refractivity contribution in [2.24, 2.45) is 10.7 Å². The molecule has 0 aromatic heterocycles. The Balaban J connectivity index is 1.39. The fraction of sp³-hybridized carbons (Fsp3) is 0.684. The summed E-state index contributed by atoms with van der Waals surface area (Å²) in [5.74, 6) is -1.30. The summed E-state index contributed by atoms with van der Waals surface area (Å²) in [4.78, 5) is 20.1. The average Bonchev–Trinajstić information content (AvgIpc) is 3.33. The molecule has 4 atom stereocenters. The molecule has 2 saturated heterocycles. The van der Waals surface area contributed by atoms with Crippen LogP contribution in [0, 0.1) is 0 Å². The number of nitrogens with two attached hydrogens (primary N) is 1. The van der Waals surface area contributed by atoms with Crippen LogP contribution in [0.5, 0.6) is 0 Å². The van der Waals surface area contributed by atoms with E-state index in [1.54, 1.807) is 12.3 Å². The fourth-order valence-corrected chi connectivity index (χ4v) is 4.51. The molecule has 28 heavy (non-hydrogen) atoms. The Morgan fingerprint density at radius 3 is 2.96 bits per heavy atom. The van der Waals surface area contributed by atoms with Gasteiger partial charge >= 0.3 is 5.97 Å². The van der Waals surface area contributed by atoms with E-state index < -0.39 is 17.9 Å². The Hall–Kier alpha value is -1.97. The number of aliphatic imine (C=N–C) groups is 1. The van der Waals surface area contributed by atoms with Crippen molar-refractivity contribution in [3.63, 3.8) is 0 Å². The van der Waals surface area contributed by atoms with Gasteiger partial charge in [-0.1, -0.05) is 0 Å². The third kappa shape index (κ3) is 3.01. The number of carboxylic acid groups (broad SMARTS) is 1. The molecule has 3 N–H and O–H groups in total. The highest BCUT2D eigenvalue weighted by atomic mass is 19.1. The van der Waals surface area contributed by atoms with E-state index in [0.29, 0.717) is 44.1 Å². The van der Waals surface area contributed by atoms with Crippen LogP contribution in [0.1, 0.15) is 25.7 Å². The quantitative estimate of drug-likeness (QED) is 0.679. The number of aliphatic carboxylic acids is 1. The molecule has 9 heteroatoms. The number of nitrogens with zero attached hydrogens (tertiary/aromatic N) is 3. The number of halogens is 1. The van der Waals surface area contributed by atoms with Crippen LogP contribution in [0.4, 0.5) is 4.39 Å². The van der Waals surface area contributed by atoms with E-state index in [-0.39, 0.29) is 24.7 Å². The molecule has 3 fully saturated rings. The first kappa shape index (κ1) is 18.1. The standard InChI is InChI=1S/C19H25FN4O4/c20-15-6-11-5-12(18(25)26)8-24(13-1-2-13)16(11)22-17(15)23-4-3-19(10-23)27-9-14(7-21)28-19/h6,8,13-16H,1-5,7,9-10,21H2,(H,25,26). The van der Waals surface area contributed by atoms with Crippen molar-refractivity contribution >= 4 is 11.8 Å². The number of hydrogen-bond donors (Lipinski definition) is 2. The topological polar surface area (TPSA) is 101 Å². The number of rotatable bonds is 3. The third-order valence-electron chi connectivity index (χ3n) is 6.11. The van der Waals surface area contributed by atoms with Crippen LogP contribution in [-0.2, 0) is 14.3 Å². The first-order valence-electron chi connectivity index (χ1n) is 9.88. The molecule has 4 heterocycles. The average molecular weight is 392 g/mol. The molecule has 4 aliphatic heterocycles. The van der Waals surface area contributed by atoms with Crippen molar-refractivity contribution in [3.05, 3.63) is 23.4 Å². The van der Waals surface area contributed by atoms with Gasteiger partial charge in [-0.25, -0.2) is 14.2 Å². The maximum absolute atomic E-state index is 15.0. The van der Waals surface area contributed by atoms with Crippen molar-refractivity contribution < 1.29 is 23.8 Å². The van der Waals surface area contributed by atoms with Crippen molar-refractivity contribution in [3.8, 4) is 0 Å². The number of hydrogen-bond acceptors (Lipinski definition) is 7. The Labute approximate surface area is 162 Å². The molecule has 0 amide bonds. The summed E-state index contributed by atoms with van der Waals surface area (Å²) in [6, 6.07) is 0.279. The van der Waals surface area contributed by atoms with Crippen molar-refractivity contribution in [1.82, 2.24) is 9.80 Å². The summed E-state index contributed by atoms with van der Waals surface area (Å²) in [6.45, 7) is 1.89. The minimum absolute atomic E-state index is 0.121. The largest absolute Gasteiger partial charge is 0.478 e. The van der Waals surface area contributed by atoms with Gasteiger partial charge in [0.2, 0.25) is 0 Å². The third-order valence-corrected chi connectivity index (χ3v) is 6.11. The van der Waals surface area contributed by atoms with Gasteiger partial charge in [-0.05, 0) is 24.5 Å². The van der Waals surface area contributed by atoms with Gasteiger partial charge < -0.3 is 30.1 Å². The van der Waals surface area contributed by atoms with Gasteiger partial charge in [-0.15, -0.1) is 0 Å². The predicted molar refractivity (Wildman–Crippen MR) is 98.2 cm³/mol. The monoisotopic (exact) mass is 392 g/mol. The highest BCUT2D eigenvalue weighted by molar-refractivity contribution is 5.91. The zero-order valence-electron chi connectivity index (χ0n) is 15.6. The molecule has 1 aliphatic carbocycles. The predicted octanol–water partition coefficient (Wildman–Crippen LogP) is 0.602. The second-order valence-corrected chi connectivity index (χ2v) is 8.19. The van der Waals surface area contributed by atoms with Crippen LogP contribution < -0.4 is 5.73 Å². The number of amidine groups is 1. The number of carbonyl (C=O) groups is 1. The van der Waals surface area contributed by atoms with E-state index in [4.69, 9.17) is 20.2 Å². The van der Waals surface area contributed by atoms with Crippen LogP contribution in [-0.4, -0.2) is 83.2 Å². The molecule has 4 unspecified atom stereocenters. The summed E-state index contributed by atoms with van der Waals surface area (Å²) in [5.41, 5.74) is 6.70. The summed E-state index contributed by atoms with van der Waals surface area (Å²) >= 11 is 0. The lowest BCUT2D eigenvalue weighted by atomic mass is 9.95. The van der Waals surface area contributed by atoms with Crippen LogP contribution >= 0.6 is 0 Å². The molecule has 0 aromatic rings. The second kappa shape index (κ2) is 6.53. The molecular weight excluding hydrogens is 367 g/mol. The lowest BCUT2D eigenvalue weighted by Gasteiger charge is -2.38. The highest BCUT2D eigenvalue weighted by Crippen LogP contribution is 2.40. The number of alkyl halides is 1. The molecule has 0 aromatic carbocycles. The fourth-order valence-electron chi connectivity index (χ4n) is 4.51. The summed E-state index contributed by atoms with van der Waals surface area (Å²) < 4.78 is 26.8. The molecule has 0 radical (unpaired) electrons. The van der Waals surface area contributed by atoms with Gasteiger partial charge in [-0.2, -0.15) is 0 Å². The number of ether oxygens (including phenoxy) is 2. The van der Waals surface area contributed by atoms with Gasteiger partial charge in [0, 0.05) is 38.2 Å². The molecule has 152 valence electrons. The van der Waals surface area contributed by atoms with E-state index in [0.717, 1.165) is 18.4 Å². The maximum atomic E-state index is 15.0. The maximum Gasteiger partial charge on any atom is 0.333 e. The molecule has 1 saturated carbocycles. The van der Waals surface area contributed by atoms with Gasteiger partial charge in [0.1, 0.15) is 12.0 Å². The number of likely N-dealkylation sites (tertiary alicyclic amines) is 1. The number of fused-ring (bicyclic) bond motifs is 1. The van der Waals surface area contributed by atoms with Gasteiger partial charge in [-0.3, -0.25) is 0 Å². The van der Waals surface area contributed by atoms with Crippen LogP contribution in [0.3, 0.4) is 0 Å². The Bertz CT molecular complexity index is 780. The summed E-state index contributed by atoms with van der Waals surface area (Å²) in [7, 11) is 0. The van der Waals surface area contributed by atoms with Crippen molar-refractivity contribution in [1.29, 1.82) is 0 Å². The van der Waals surface area contributed by atoms with E-state index >= 15 is 4.39 Å². The first-order valence-corrected chi connectivity index (χ1v) is 9.88. The summed E-state index contributed by atoms with van der Waals surface area (Å²) in [5, 5.41) is 9.40. The van der Waals surface area contributed by atoms with Gasteiger partial charge in [0.15, 0.2) is 12.0 Å². The van der Waals surface area contributed by atoms with E-state index in [9.17, 15) is 9.90 Å². The molecule has 1 spiro atoms. The van der Waals surface area contributed by atoms with E-state index in [2.05, 4.69) is 0 Å². The smallest absolute Gasteiger partial charge is 0.333 e. The van der Waals surface area contributed by atoms with Gasteiger partial charge in [0.05, 0.1) is 24.8 Å². The Morgan fingerprint density at radius 1 is 1.46 bits per heavy atom. The van der Waals surface area contributed by atoms with Crippen LogP contribution in [0.25, 0.3) is 0 Å². The lowest BCUT2D eigenvalue weighted by molar-refractivity contribution is -0.153. The minimum Gasteiger partial charge on any atom is -0.478 e. The van der Waals surface area contributed by atoms with E-state index in [1.807, 2.05) is 9.80 Å². The molecule has 8 nitrogen and oxygen atoms in total. The molecule has 5 aliphatic rings.